The third kappa shape index (κ3) is 15.4. The lowest BCUT2D eigenvalue weighted by atomic mass is 10.1. The molecule has 516 valence electrons. The van der Waals surface area contributed by atoms with Crippen molar-refractivity contribution in [3.8, 4) is 0 Å². The number of esters is 1. The van der Waals surface area contributed by atoms with Crippen LogP contribution in [0.1, 0.15) is 153 Å². The molecule has 2 amide bonds. The SMILES string of the molecule is C=CCC(CO)(OC[C@H]1O[C@@H](n2ncc3c(N(C(=O)OC(C)(C)C)C4CCCC4)nc(Cl)nc32)[C@@H]2OC(C)(C)O[C@@H]21)P(C)(C)=O.C=CCC(OC[C@H]1O[C@@H](n2ncc3c(N(C(=O)OC(C)(C)C)C4CCCC4)nc(Cl)nc32)[C@@H]2OC(C)(C)O[C@@H]21)(C(=O)OCC)P(C)(C)=O. The van der Waals surface area contributed by atoms with Gasteiger partial charge >= 0.3 is 18.2 Å². The highest BCUT2D eigenvalue weighted by atomic mass is 35.5. The average Bonchev–Trinajstić information content (AvgIpc) is 1.60. The number of fused-ring (bicyclic) bond motifs is 4. The van der Waals surface area contributed by atoms with Gasteiger partial charge in [0.05, 0.1) is 49.6 Å². The predicted molar refractivity (Wildman–Crippen MR) is 348 cm³/mol. The number of rotatable bonds is 21. The van der Waals surface area contributed by atoms with E-state index in [1.165, 1.54) is 24.1 Å². The van der Waals surface area contributed by atoms with Crippen LogP contribution in [0.3, 0.4) is 0 Å². The van der Waals surface area contributed by atoms with E-state index in [2.05, 4.69) is 43.3 Å². The van der Waals surface area contributed by atoms with E-state index in [1.807, 2.05) is 41.5 Å². The molecular formula is C62H92Cl2N10O17P2. The van der Waals surface area contributed by atoms with E-state index in [1.54, 1.807) is 80.9 Å². The molecule has 6 aliphatic rings. The molecule has 0 spiro atoms. The number of aliphatic hydroxyl groups is 1. The minimum Gasteiger partial charge on any atom is -0.463 e. The van der Waals surface area contributed by atoms with E-state index in [0.29, 0.717) is 33.7 Å². The maximum Gasteiger partial charge on any atom is 0.416 e. The summed E-state index contributed by atoms with van der Waals surface area (Å²) in [6.45, 7) is 32.8. The maximum atomic E-state index is 13.6. The molecule has 2 unspecified atom stereocenters. The molecule has 4 saturated heterocycles. The predicted octanol–water partition coefficient (Wildman–Crippen LogP) is 11.5. The topological polar surface area (TPSA) is 301 Å². The third-order valence-electron chi connectivity index (χ3n) is 17.1. The van der Waals surface area contributed by atoms with Crippen molar-refractivity contribution in [2.45, 2.75) is 235 Å². The monoisotopic (exact) mass is 1380 g/mol. The lowest BCUT2D eigenvalue weighted by Crippen LogP contribution is -2.45. The van der Waals surface area contributed by atoms with Crippen LogP contribution >= 0.6 is 37.5 Å². The second-order valence-corrected chi connectivity index (χ2v) is 35.7. The molecule has 93 heavy (non-hydrogen) atoms. The zero-order valence-electron chi connectivity index (χ0n) is 56.0. The van der Waals surface area contributed by atoms with Gasteiger partial charge in [0.2, 0.25) is 15.9 Å². The second-order valence-electron chi connectivity index (χ2n) is 28.0. The summed E-state index contributed by atoms with van der Waals surface area (Å²) in [7, 11) is -6.20. The van der Waals surface area contributed by atoms with E-state index >= 15 is 0 Å². The van der Waals surface area contributed by atoms with Crippen molar-refractivity contribution in [3.05, 3.63) is 48.3 Å². The quantitative estimate of drug-likeness (QED) is 0.0266. The molecular weight excluding hydrogens is 1290 g/mol. The van der Waals surface area contributed by atoms with Crippen molar-refractivity contribution in [2.24, 2.45) is 0 Å². The Hall–Kier alpha value is -4.73. The van der Waals surface area contributed by atoms with Crippen molar-refractivity contribution in [2.75, 3.05) is 62.9 Å². The molecule has 6 fully saturated rings. The molecule has 0 bridgehead atoms. The molecule has 27 nitrogen and oxygen atoms in total. The summed E-state index contributed by atoms with van der Waals surface area (Å²) in [6.07, 6.45) is 6.73. The van der Waals surface area contributed by atoms with E-state index < -0.39 is 122 Å². The third-order valence-corrected chi connectivity index (χ3v) is 22.1. The van der Waals surface area contributed by atoms with Crippen molar-refractivity contribution < 1.29 is 80.7 Å². The number of carbonyl (C=O) groups is 3. The van der Waals surface area contributed by atoms with E-state index in [0.717, 1.165) is 51.4 Å². The first-order chi connectivity index (χ1) is 43.4. The largest absolute Gasteiger partial charge is 0.463 e. The molecule has 0 aromatic carbocycles. The summed E-state index contributed by atoms with van der Waals surface area (Å²) in [5, 5.41) is 17.3. The van der Waals surface area contributed by atoms with E-state index in [4.69, 9.17) is 75.3 Å². The first kappa shape index (κ1) is 72.5. The van der Waals surface area contributed by atoms with Gasteiger partial charge in [-0.25, -0.2) is 23.7 Å². The number of aromatic nitrogens is 8. The first-order valence-corrected chi connectivity index (χ1v) is 37.6. The van der Waals surface area contributed by atoms with Crippen LogP contribution in [0.15, 0.2) is 37.7 Å². The molecule has 2 saturated carbocycles. The van der Waals surface area contributed by atoms with Crippen LogP contribution in [-0.4, -0.2) is 198 Å². The van der Waals surface area contributed by atoms with Gasteiger partial charge in [-0.3, -0.25) is 9.80 Å². The maximum absolute atomic E-state index is 13.6. The smallest absolute Gasteiger partial charge is 0.416 e. The summed E-state index contributed by atoms with van der Waals surface area (Å²) < 4.78 is 97.4. The summed E-state index contributed by atoms with van der Waals surface area (Å²) in [5.74, 6) is -2.05. The van der Waals surface area contributed by atoms with Crippen molar-refractivity contribution >= 4 is 89.3 Å². The minimum atomic E-state index is -3.25. The summed E-state index contributed by atoms with van der Waals surface area (Å²) >= 11 is 13.0. The fourth-order valence-corrected chi connectivity index (χ4v) is 16.0. The molecule has 0 radical (unpaired) electrons. The molecule has 4 aromatic heterocycles. The lowest BCUT2D eigenvalue weighted by Gasteiger charge is -2.36. The summed E-state index contributed by atoms with van der Waals surface area (Å²) in [6, 6.07) is -0.254. The zero-order chi connectivity index (χ0) is 68.2. The van der Waals surface area contributed by atoms with Crippen molar-refractivity contribution in [1.29, 1.82) is 0 Å². The Morgan fingerprint density at radius 2 is 1.05 bits per heavy atom. The molecule has 10 rings (SSSR count). The Morgan fingerprint density at radius 1 is 0.656 bits per heavy atom. The average molecular weight is 1380 g/mol. The molecule has 8 heterocycles. The van der Waals surface area contributed by atoms with Crippen LogP contribution < -0.4 is 9.80 Å². The van der Waals surface area contributed by atoms with Crippen molar-refractivity contribution in [3.63, 3.8) is 0 Å². The van der Waals surface area contributed by atoms with Crippen molar-refractivity contribution in [1.82, 2.24) is 39.5 Å². The number of halogens is 2. The number of aliphatic hydroxyl groups excluding tert-OH is 1. The molecule has 31 heteroatoms. The Bertz CT molecular complexity index is 3500. The van der Waals surface area contributed by atoms with Gasteiger partial charge in [-0.05, 0) is 152 Å². The zero-order valence-corrected chi connectivity index (χ0v) is 59.3. The first-order valence-electron chi connectivity index (χ1n) is 31.7. The fourth-order valence-electron chi connectivity index (χ4n) is 12.9. The van der Waals surface area contributed by atoms with Crippen LogP contribution in [0, 0.1) is 0 Å². The normalized spacial score (nSPS) is 26.0. The van der Waals surface area contributed by atoms with Crippen LogP contribution in [0.4, 0.5) is 21.2 Å². The van der Waals surface area contributed by atoms with E-state index in [-0.39, 0.29) is 55.3 Å². The van der Waals surface area contributed by atoms with Gasteiger partial charge < -0.3 is 66.3 Å². The summed E-state index contributed by atoms with van der Waals surface area (Å²) in [5.41, 5.74) is -0.787. The van der Waals surface area contributed by atoms with Gasteiger partial charge in [-0.15, -0.1) is 13.2 Å². The number of ether oxygens (including phenoxy) is 11. The minimum absolute atomic E-state index is 0.0274. The molecule has 2 aliphatic carbocycles. The van der Waals surface area contributed by atoms with Gasteiger partial charge in [-0.1, -0.05) is 37.8 Å². The van der Waals surface area contributed by atoms with Gasteiger partial charge in [0.1, 0.15) is 67.5 Å². The van der Waals surface area contributed by atoms with Gasteiger partial charge in [0.15, 0.2) is 47.0 Å². The number of hydrogen-bond donors (Lipinski definition) is 1. The van der Waals surface area contributed by atoms with Crippen LogP contribution in [0.5, 0.6) is 0 Å². The molecule has 4 aromatic rings. The Morgan fingerprint density at radius 3 is 1.41 bits per heavy atom. The van der Waals surface area contributed by atoms with Gasteiger partial charge in [0, 0.05) is 24.9 Å². The summed E-state index contributed by atoms with van der Waals surface area (Å²) in [4.78, 5) is 61.6. The number of anilines is 2. The van der Waals surface area contributed by atoms with Crippen LogP contribution in [-0.2, 0) is 66.0 Å². The highest BCUT2D eigenvalue weighted by Crippen LogP contribution is 2.57. The standard InChI is InChI=1S/C32H47ClN5O9P.C30H45ClN5O8P/c1-10-16-32(48(8,9)41,27(39)42-11-2)43-18-21-22-23(46-31(6,7)45-22)26(44-21)38-25-20(17-34-38)24(35-28(33)36-25)37(19-14-12-13-15-19)29(40)47-30(3,4)5;1-9-14-30(17-37,45(7,8)39)40-16-20-21-22(43-29(5,6)42-21)25(41-20)36-24-19(15-32-36)23(33-26(31)34-24)35(18-12-10-11-13-18)27(38)44-28(2,3)4/h10,17,19,21-23,26H,1,11-16,18H2,2-9H3;9,15,18,20-22,25,37H,1,10-14,16-17H2,2-8H3/t21-,22-,23-,26-,32?;20-,21-,22-,25-,30?/m11/s1. The van der Waals surface area contributed by atoms with Gasteiger partial charge in [-0.2, -0.15) is 30.1 Å². The van der Waals surface area contributed by atoms with Crippen LogP contribution in [0.2, 0.25) is 10.6 Å². The molecule has 10 atom stereocenters. The van der Waals surface area contributed by atoms with Gasteiger partial charge in [0.25, 0.3) is 0 Å². The fraction of sp³-hybridized carbons (Fsp3) is 0.726. The number of hydrogen-bond acceptors (Lipinski definition) is 23. The lowest BCUT2D eigenvalue weighted by molar-refractivity contribution is -0.207. The Balaban J connectivity index is 0.000000220. The Labute approximate surface area is 553 Å². The van der Waals surface area contributed by atoms with Crippen LogP contribution in [0.25, 0.3) is 22.1 Å². The van der Waals surface area contributed by atoms with E-state index in [9.17, 15) is 28.6 Å². The Kier molecular flexibility index (Phi) is 21.6. The number of nitrogens with zero attached hydrogens (tertiary/aromatic N) is 10. The second kappa shape index (κ2) is 27.6. The number of amides is 2. The highest BCUT2D eigenvalue weighted by molar-refractivity contribution is 7.64. The number of carbonyl (C=O) groups excluding carboxylic acids is 3. The highest BCUT2D eigenvalue weighted by Gasteiger charge is 2.60. The molecule has 4 aliphatic heterocycles. The molecule has 1 N–H and O–H groups in total.